The quantitative estimate of drug-likeness (QED) is 0.774. The van der Waals surface area contributed by atoms with Crippen molar-refractivity contribution in [2.75, 3.05) is 0 Å². The van der Waals surface area contributed by atoms with Crippen LogP contribution < -0.4 is 0 Å². The van der Waals surface area contributed by atoms with Gasteiger partial charge in [0, 0.05) is 0 Å². The molecular formula is C13H17ClO2S. The largest absolute Gasteiger partial charge is 0.223 e. The Kier molecular flexibility index (Phi) is 3.79. The molecule has 1 aliphatic rings. The van der Waals surface area contributed by atoms with Crippen LogP contribution in [0.25, 0.3) is 0 Å². The van der Waals surface area contributed by atoms with Gasteiger partial charge in [0.1, 0.15) is 0 Å². The lowest BCUT2D eigenvalue weighted by Crippen LogP contribution is -2.33. The number of hydrogen-bond acceptors (Lipinski definition) is 2. The van der Waals surface area contributed by atoms with Gasteiger partial charge in [-0.15, -0.1) is 11.6 Å². The van der Waals surface area contributed by atoms with Gasteiger partial charge in [0.15, 0.2) is 9.84 Å². The fourth-order valence-electron chi connectivity index (χ4n) is 2.30. The monoisotopic (exact) mass is 272 g/mol. The minimum absolute atomic E-state index is 0.241. The maximum absolute atomic E-state index is 12.4. The smallest absolute Gasteiger partial charge is 0.182 e. The van der Waals surface area contributed by atoms with Gasteiger partial charge in [0.2, 0.25) is 0 Å². The molecule has 2 rings (SSSR count). The molecule has 1 saturated carbocycles. The minimum Gasteiger partial charge on any atom is -0.223 e. The van der Waals surface area contributed by atoms with Gasteiger partial charge in [0.05, 0.1) is 15.5 Å². The third kappa shape index (κ3) is 2.66. The van der Waals surface area contributed by atoms with Crippen LogP contribution in [-0.4, -0.2) is 19.0 Å². The highest BCUT2D eigenvalue weighted by Crippen LogP contribution is 2.32. The Morgan fingerprint density at radius 1 is 1.12 bits per heavy atom. The van der Waals surface area contributed by atoms with E-state index in [9.17, 15) is 8.42 Å². The summed E-state index contributed by atoms with van der Waals surface area (Å²) in [4.78, 5) is 0.403. The van der Waals surface area contributed by atoms with E-state index in [1.807, 2.05) is 19.1 Å². The van der Waals surface area contributed by atoms with Gasteiger partial charge in [-0.25, -0.2) is 8.42 Å². The highest BCUT2D eigenvalue weighted by Gasteiger charge is 2.35. The molecule has 4 heteroatoms. The van der Waals surface area contributed by atoms with Crippen molar-refractivity contribution in [1.29, 1.82) is 0 Å². The van der Waals surface area contributed by atoms with E-state index in [4.69, 9.17) is 11.6 Å². The molecular weight excluding hydrogens is 256 g/mol. The molecule has 0 radical (unpaired) electrons. The van der Waals surface area contributed by atoms with Crippen molar-refractivity contribution in [2.24, 2.45) is 0 Å². The average molecular weight is 273 g/mol. The zero-order valence-electron chi connectivity index (χ0n) is 9.90. The highest BCUT2D eigenvalue weighted by molar-refractivity contribution is 7.92. The Balaban J connectivity index is 2.32. The maximum atomic E-state index is 12.4. The van der Waals surface area contributed by atoms with E-state index >= 15 is 0 Å². The number of hydrogen-bond donors (Lipinski definition) is 0. The first kappa shape index (κ1) is 12.9. The fraction of sp³-hybridized carbons (Fsp3) is 0.538. The normalized spacial score (nSPS) is 25.8. The molecule has 94 valence electrons. The molecule has 1 aromatic carbocycles. The third-order valence-corrected chi connectivity index (χ3v) is 6.33. The lowest BCUT2D eigenvalue weighted by molar-refractivity contribution is 0.489. The van der Waals surface area contributed by atoms with E-state index in [2.05, 4.69) is 0 Å². The van der Waals surface area contributed by atoms with Gasteiger partial charge in [-0.3, -0.25) is 0 Å². The number of alkyl halides is 1. The SMILES string of the molecule is Cc1ccc(S(=O)(=O)[C@H]2CCCC[C@@H]2Cl)cc1. The Morgan fingerprint density at radius 3 is 2.29 bits per heavy atom. The summed E-state index contributed by atoms with van der Waals surface area (Å²) in [6.07, 6.45) is 3.48. The van der Waals surface area contributed by atoms with E-state index < -0.39 is 15.1 Å². The number of halogens is 1. The van der Waals surface area contributed by atoms with Crippen molar-refractivity contribution in [1.82, 2.24) is 0 Å². The predicted molar refractivity (Wildman–Crippen MR) is 70.3 cm³/mol. The molecule has 0 aromatic heterocycles. The second-order valence-electron chi connectivity index (χ2n) is 4.70. The summed E-state index contributed by atoms with van der Waals surface area (Å²) < 4.78 is 24.8. The van der Waals surface area contributed by atoms with Gasteiger partial charge in [-0.2, -0.15) is 0 Å². The van der Waals surface area contributed by atoms with Gasteiger partial charge >= 0.3 is 0 Å². The Labute approximate surface area is 108 Å². The zero-order chi connectivity index (χ0) is 12.5. The van der Waals surface area contributed by atoms with E-state index in [-0.39, 0.29) is 5.38 Å². The summed E-state index contributed by atoms with van der Waals surface area (Å²) in [6.45, 7) is 1.95. The van der Waals surface area contributed by atoms with Crippen molar-refractivity contribution in [3.05, 3.63) is 29.8 Å². The second kappa shape index (κ2) is 4.99. The minimum atomic E-state index is -3.26. The lowest BCUT2D eigenvalue weighted by Gasteiger charge is -2.26. The molecule has 0 heterocycles. The summed E-state index contributed by atoms with van der Waals surface area (Å²) in [5.74, 6) is 0. The first-order chi connectivity index (χ1) is 8.01. The van der Waals surface area contributed by atoms with E-state index in [1.54, 1.807) is 12.1 Å². The van der Waals surface area contributed by atoms with Crippen LogP contribution in [-0.2, 0) is 9.84 Å². The molecule has 0 amide bonds. The van der Waals surface area contributed by atoms with Crippen molar-refractivity contribution in [3.8, 4) is 0 Å². The third-order valence-electron chi connectivity index (χ3n) is 3.37. The summed E-state index contributed by atoms with van der Waals surface area (Å²) in [6, 6.07) is 7.03. The molecule has 2 atom stereocenters. The van der Waals surface area contributed by atoms with Crippen LogP contribution in [0.3, 0.4) is 0 Å². The summed E-state index contributed by atoms with van der Waals surface area (Å²) in [5, 5.41) is -0.657. The van der Waals surface area contributed by atoms with Crippen LogP contribution in [0.5, 0.6) is 0 Å². The van der Waals surface area contributed by atoms with Crippen LogP contribution in [0, 0.1) is 6.92 Å². The fourth-order valence-corrected chi connectivity index (χ4v) is 4.86. The van der Waals surface area contributed by atoms with Gasteiger partial charge in [0.25, 0.3) is 0 Å². The summed E-state index contributed by atoms with van der Waals surface area (Å²) >= 11 is 6.17. The Hall–Kier alpha value is -0.540. The predicted octanol–water partition coefficient (Wildman–Crippen LogP) is 3.32. The highest BCUT2D eigenvalue weighted by atomic mass is 35.5. The van der Waals surface area contributed by atoms with Crippen LogP contribution in [0.2, 0.25) is 0 Å². The molecule has 17 heavy (non-hydrogen) atoms. The molecule has 1 aromatic rings. The summed E-state index contributed by atoms with van der Waals surface area (Å²) in [7, 11) is -3.26. The topological polar surface area (TPSA) is 34.1 Å². The van der Waals surface area contributed by atoms with Crippen molar-refractivity contribution >= 4 is 21.4 Å². The molecule has 1 aliphatic carbocycles. The van der Waals surface area contributed by atoms with Crippen molar-refractivity contribution in [3.63, 3.8) is 0 Å². The maximum Gasteiger partial charge on any atom is 0.182 e. The first-order valence-electron chi connectivity index (χ1n) is 5.96. The van der Waals surface area contributed by atoms with Gasteiger partial charge in [-0.05, 0) is 31.9 Å². The lowest BCUT2D eigenvalue weighted by atomic mass is 10.00. The molecule has 2 nitrogen and oxygen atoms in total. The molecule has 0 spiro atoms. The van der Waals surface area contributed by atoms with Crippen LogP contribution in [0.15, 0.2) is 29.2 Å². The second-order valence-corrected chi connectivity index (χ2v) is 7.42. The molecule has 0 bridgehead atoms. The molecule has 1 fully saturated rings. The van der Waals surface area contributed by atoms with Crippen LogP contribution >= 0.6 is 11.6 Å². The van der Waals surface area contributed by atoms with Crippen molar-refractivity contribution < 1.29 is 8.42 Å². The summed E-state index contributed by atoms with van der Waals surface area (Å²) in [5.41, 5.74) is 1.06. The molecule has 0 N–H and O–H groups in total. The molecule has 0 unspecified atom stereocenters. The standard InChI is InChI=1S/C13H17ClO2S/c1-10-6-8-11(9-7-10)17(15,16)13-5-3-2-4-12(13)14/h6-9,12-13H,2-5H2,1H3/t12-,13-/m0/s1. The first-order valence-corrected chi connectivity index (χ1v) is 7.95. The number of rotatable bonds is 2. The van der Waals surface area contributed by atoms with Crippen LogP contribution in [0.1, 0.15) is 31.2 Å². The Bertz CT molecular complexity index is 479. The number of aryl methyl sites for hydroxylation is 1. The Morgan fingerprint density at radius 2 is 1.71 bits per heavy atom. The molecule has 0 aliphatic heterocycles. The van der Waals surface area contributed by atoms with Crippen LogP contribution in [0.4, 0.5) is 0 Å². The number of sulfone groups is 1. The van der Waals surface area contributed by atoms with Gasteiger partial charge in [-0.1, -0.05) is 30.5 Å². The van der Waals surface area contributed by atoms with Gasteiger partial charge < -0.3 is 0 Å². The average Bonchev–Trinajstić information content (AvgIpc) is 2.30. The number of benzene rings is 1. The van der Waals surface area contributed by atoms with E-state index in [1.165, 1.54) is 0 Å². The van der Waals surface area contributed by atoms with E-state index in [0.29, 0.717) is 11.3 Å². The van der Waals surface area contributed by atoms with E-state index in [0.717, 1.165) is 24.8 Å². The molecule has 0 saturated heterocycles. The zero-order valence-corrected chi connectivity index (χ0v) is 11.5. The van der Waals surface area contributed by atoms with Crippen molar-refractivity contribution in [2.45, 2.75) is 48.1 Å².